The molecule has 0 rings (SSSR count). The molecular formula is C13H24CaNO10+3. The largest absolute Gasteiger partial charge is 2.00 e. The Kier molecular flexibility index (Phi) is 14.3. The van der Waals surface area contributed by atoms with Crippen LogP contribution in [-0.4, -0.2) is 136 Å². The third kappa shape index (κ3) is 17.6. The molecule has 0 unspecified atom stereocenters. The number of carbonyl (C=O) groups is 4. The van der Waals surface area contributed by atoms with Crippen LogP contribution in [-0.2, 0) is 19.2 Å². The van der Waals surface area contributed by atoms with Crippen LogP contribution in [0.3, 0.4) is 0 Å². The van der Waals surface area contributed by atoms with Crippen LogP contribution in [0.15, 0.2) is 0 Å². The van der Waals surface area contributed by atoms with Gasteiger partial charge in [0.1, 0.15) is 12.6 Å². The van der Waals surface area contributed by atoms with Crippen molar-refractivity contribution in [3.63, 3.8) is 0 Å². The van der Waals surface area contributed by atoms with Crippen molar-refractivity contribution < 1.29 is 54.3 Å². The summed E-state index contributed by atoms with van der Waals surface area (Å²) in [4.78, 5) is 40.6. The molecule has 0 saturated heterocycles. The molecule has 0 aliphatic rings. The van der Waals surface area contributed by atoms with Gasteiger partial charge in [0.05, 0.1) is 40.4 Å². The van der Waals surface area contributed by atoms with E-state index in [9.17, 15) is 19.2 Å². The number of aliphatic hydroxyl groups excluding tert-OH is 1. The van der Waals surface area contributed by atoms with E-state index in [2.05, 4.69) is 0 Å². The van der Waals surface area contributed by atoms with Crippen LogP contribution in [0.2, 0.25) is 0 Å². The molecule has 12 heteroatoms. The molecule has 0 aliphatic heterocycles. The standard InChI is InChI=1S/C7H15NO3.C6H8O7.Ca/c1-8(2,3)5-6(9)4-7(10)11;7-3(8)1-6(13,5(11)12)2-4(9)10;/h6,9H,4-5H2,1-3H3;13H,1-2H2,(H,7,8)(H,9,10)(H,11,12);/q;;+2/p+1/t6-;;/m1../s1. The fraction of sp³-hybridized carbons (Fsp3) is 0.692. The molecule has 0 spiro atoms. The Morgan fingerprint density at radius 1 is 0.880 bits per heavy atom. The van der Waals surface area contributed by atoms with Crippen molar-refractivity contribution in [1.82, 2.24) is 0 Å². The number of hydrogen-bond acceptors (Lipinski definition) is 6. The second-order valence-corrected chi connectivity index (χ2v) is 6.20. The Balaban J connectivity index is -0.000000377. The third-order valence-corrected chi connectivity index (χ3v) is 2.45. The predicted molar refractivity (Wildman–Crippen MR) is 84.0 cm³/mol. The van der Waals surface area contributed by atoms with Crippen molar-refractivity contribution >= 4 is 61.6 Å². The van der Waals surface area contributed by atoms with Crippen LogP contribution in [0.1, 0.15) is 19.3 Å². The maximum atomic E-state index is 10.3. The molecule has 6 N–H and O–H groups in total. The van der Waals surface area contributed by atoms with Crippen LogP contribution in [0, 0.1) is 0 Å². The van der Waals surface area contributed by atoms with E-state index in [4.69, 9.17) is 30.6 Å². The average Bonchev–Trinajstić information content (AvgIpc) is 2.22. The van der Waals surface area contributed by atoms with Gasteiger partial charge in [-0.05, 0) is 0 Å². The number of carboxylic acids is 4. The maximum Gasteiger partial charge on any atom is 2.00 e. The smallest absolute Gasteiger partial charge is 0.481 e. The first-order valence-corrected chi connectivity index (χ1v) is 6.68. The summed E-state index contributed by atoms with van der Waals surface area (Å²) >= 11 is 0. The second-order valence-electron chi connectivity index (χ2n) is 6.20. The minimum Gasteiger partial charge on any atom is -0.481 e. The summed E-state index contributed by atoms with van der Waals surface area (Å²) in [5.74, 6) is -5.97. The van der Waals surface area contributed by atoms with Gasteiger partial charge < -0.3 is 35.1 Å². The van der Waals surface area contributed by atoms with Gasteiger partial charge in [0.15, 0.2) is 5.60 Å². The van der Waals surface area contributed by atoms with E-state index in [1.165, 1.54) is 0 Å². The van der Waals surface area contributed by atoms with E-state index in [1.54, 1.807) is 0 Å². The quantitative estimate of drug-likeness (QED) is 0.186. The minimum atomic E-state index is -2.74. The number of carboxylic acid groups (broad SMARTS) is 4. The monoisotopic (exact) mass is 394 g/mol. The average molecular weight is 394 g/mol. The van der Waals surface area contributed by atoms with Gasteiger partial charge in [0, 0.05) is 0 Å². The summed E-state index contributed by atoms with van der Waals surface area (Å²) < 4.78 is 0.578. The van der Waals surface area contributed by atoms with Crippen LogP contribution in [0.4, 0.5) is 0 Å². The van der Waals surface area contributed by atoms with Gasteiger partial charge in [-0.2, -0.15) is 0 Å². The van der Waals surface area contributed by atoms with Crippen molar-refractivity contribution in [2.24, 2.45) is 0 Å². The molecule has 0 amide bonds. The van der Waals surface area contributed by atoms with Gasteiger partial charge >= 0.3 is 61.6 Å². The van der Waals surface area contributed by atoms with Crippen molar-refractivity contribution in [3.8, 4) is 0 Å². The number of hydrogen-bond donors (Lipinski definition) is 6. The molecule has 25 heavy (non-hydrogen) atoms. The summed E-state index contributed by atoms with van der Waals surface area (Å²) in [6.07, 6.45) is -3.20. The van der Waals surface area contributed by atoms with Gasteiger partial charge in [0.25, 0.3) is 0 Å². The molecule has 0 fully saturated rings. The Morgan fingerprint density at radius 3 is 1.44 bits per heavy atom. The zero-order chi connectivity index (χ0) is 19.7. The molecule has 0 bridgehead atoms. The normalized spacial score (nSPS) is 12.0. The van der Waals surface area contributed by atoms with Gasteiger partial charge in [-0.3, -0.25) is 14.4 Å². The van der Waals surface area contributed by atoms with Gasteiger partial charge in [0.2, 0.25) is 0 Å². The number of likely N-dealkylation sites (N-methyl/N-ethyl adjacent to an activating group) is 1. The van der Waals surface area contributed by atoms with E-state index < -0.39 is 48.4 Å². The molecule has 0 saturated carbocycles. The Hall–Kier alpha value is -0.980. The summed E-state index contributed by atoms with van der Waals surface area (Å²) in [7, 11) is 5.72. The van der Waals surface area contributed by atoms with Gasteiger partial charge in [-0.25, -0.2) is 4.79 Å². The van der Waals surface area contributed by atoms with Crippen LogP contribution in [0.5, 0.6) is 0 Å². The first-order valence-electron chi connectivity index (χ1n) is 6.68. The Morgan fingerprint density at radius 2 is 1.24 bits per heavy atom. The maximum absolute atomic E-state index is 10.3. The molecule has 0 aromatic rings. The Labute approximate surface area is 174 Å². The van der Waals surface area contributed by atoms with E-state index in [-0.39, 0.29) is 44.2 Å². The summed E-state index contributed by atoms with van der Waals surface area (Å²) in [5.41, 5.74) is -2.74. The van der Waals surface area contributed by atoms with E-state index >= 15 is 0 Å². The number of aliphatic hydroxyl groups is 2. The number of aliphatic carboxylic acids is 4. The summed E-state index contributed by atoms with van der Waals surface area (Å²) in [5, 5.41) is 51.3. The SMILES string of the molecule is C[N+](C)(C)C[C@H](O)CC(=O)O.O=C(O)CC(O)(CC(=O)O)C(=O)O.[Ca+2]. The van der Waals surface area contributed by atoms with Crippen molar-refractivity contribution in [2.45, 2.75) is 31.0 Å². The number of rotatable bonds is 9. The van der Waals surface area contributed by atoms with Crippen molar-refractivity contribution in [2.75, 3.05) is 27.7 Å². The molecule has 0 aliphatic carbocycles. The second kappa shape index (κ2) is 12.4. The first-order chi connectivity index (χ1) is 10.6. The molecular weight excluding hydrogens is 370 g/mol. The molecule has 0 heterocycles. The van der Waals surface area contributed by atoms with Gasteiger partial charge in [-0.15, -0.1) is 0 Å². The molecule has 0 aromatic heterocycles. The molecule has 11 nitrogen and oxygen atoms in total. The van der Waals surface area contributed by atoms with Gasteiger partial charge in [-0.1, -0.05) is 0 Å². The van der Waals surface area contributed by atoms with Crippen LogP contribution in [0.25, 0.3) is 0 Å². The van der Waals surface area contributed by atoms with E-state index in [0.717, 1.165) is 0 Å². The van der Waals surface area contributed by atoms with E-state index in [1.807, 2.05) is 21.1 Å². The molecule has 0 aromatic carbocycles. The first kappa shape index (κ1) is 28.8. The zero-order valence-electron chi connectivity index (χ0n) is 14.4. The van der Waals surface area contributed by atoms with Crippen molar-refractivity contribution in [1.29, 1.82) is 0 Å². The number of nitrogens with zero attached hydrogens (tertiary/aromatic N) is 1. The van der Waals surface area contributed by atoms with E-state index in [0.29, 0.717) is 11.0 Å². The predicted octanol–water partition coefficient (Wildman–Crippen LogP) is -2.10. The van der Waals surface area contributed by atoms with Crippen LogP contribution < -0.4 is 0 Å². The molecule has 1 atom stereocenters. The fourth-order valence-electron chi connectivity index (χ4n) is 1.61. The molecule has 0 radical (unpaired) electrons. The zero-order valence-corrected chi connectivity index (χ0v) is 16.6. The summed E-state index contributed by atoms with van der Waals surface area (Å²) in [6, 6.07) is 0. The third-order valence-electron chi connectivity index (χ3n) is 2.45. The fourth-order valence-corrected chi connectivity index (χ4v) is 1.61. The summed E-state index contributed by atoms with van der Waals surface area (Å²) in [6.45, 7) is 0.465. The van der Waals surface area contributed by atoms with Crippen LogP contribution >= 0.6 is 0 Å². The molecule has 140 valence electrons. The Bertz CT molecular complexity index is 458. The topological polar surface area (TPSA) is 190 Å². The minimum absolute atomic E-state index is 0. The number of quaternary nitrogens is 1. The van der Waals surface area contributed by atoms with Crippen molar-refractivity contribution in [3.05, 3.63) is 0 Å².